The zero-order valence-corrected chi connectivity index (χ0v) is 61.9. The number of anilines is 6. The van der Waals surface area contributed by atoms with Crippen LogP contribution < -0.4 is 9.80 Å². The smallest absolute Gasteiger partial charge is 0.0746 e. The summed E-state index contributed by atoms with van der Waals surface area (Å²) < 4.78 is 0. The lowest BCUT2D eigenvalue weighted by Crippen LogP contribution is -2.28. The molecule has 2 heteroatoms. The minimum Gasteiger partial charge on any atom is -0.310 e. The summed E-state index contributed by atoms with van der Waals surface area (Å²) in [6.07, 6.45) is 0. The molecule has 0 saturated heterocycles. The molecule has 0 saturated carbocycles. The van der Waals surface area contributed by atoms with Gasteiger partial charge in [0.2, 0.25) is 0 Å². The molecular weight excluding hydrogens is 1340 g/mol. The monoisotopic (exact) mass is 1410 g/mol. The van der Waals surface area contributed by atoms with Crippen LogP contribution in [0.25, 0.3) is 100 Å². The van der Waals surface area contributed by atoms with Crippen LogP contribution in [0.5, 0.6) is 0 Å². The fourth-order valence-electron chi connectivity index (χ4n) is 21.4. The normalized spacial score (nSPS) is 16.3. The van der Waals surface area contributed by atoms with Crippen molar-refractivity contribution in [3.63, 3.8) is 0 Å². The van der Waals surface area contributed by atoms with Crippen molar-refractivity contribution in [1.82, 2.24) is 0 Å². The van der Waals surface area contributed by atoms with E-state index < -0.39 is 16.2 Å². The van der Waals surface area contributed by atoms with E-state index in [-0.39, 0.29) is 5.41 Å². The van der Waals surface area contributed by atoms with Crippen molar-refractivity contribution in [1.29, 1.82) is 0 Å². The van der Waals surface area contributed by atoms with Crippen LogP contribution in [-0.2, 0) is 21.7 Å². The Bertz CT molecular complexity index is 6680. The maximum Gasteiger partial charge on any atom is 0.0746 e. The van der Waals surface area contributed by atoms with Gasteiger partial charge < -0.3 is 9.80 Å². The molecule has 6 aliphatic carbocycles. The molecule has 2 spiro atoms. The second-order valence-corrected chi connectivity index (χ2v) is 31.8. The summed E-state index contributed by atoms with van der Waals surface area (Å²) in [7, 11) is 0. The van der Waals surface area contributed by atoms with Gasteiger partial charge in [0, 0.05) is 44.8 Å². The molecule has 17 aromatic carbocycles. The summed E-state index contributed by atoms with van der Waals surface area (Å²) in [5.41, 5.74) is 45.0. The van der Waals surface area contributed by atoms with Crippen LogP contribution in [0.3, 0.4) is 0 Å². The number of benzene rings is 17. The molecule has 2 atom stereocenters. The highest BCUT2D eigenvalue weighted by Gasteiger charge is 2.55. The first-order chi connectivity index (χ1) is 54.7. The van der Waals surface area contributed by atoms with E-state index in [1.54, 1.807) is 0 Å². The summed E-state index contributed by atoms with van der Waals surface area (Å²) in [5, 5.41) is 0. The lowest BCUT2D eigenvalue weighted by atomic mass is 9.70. The van der Waals surface area contributed by atoms with Gasteiger partial charge in [0.25, 0.3) is 0 Å². The van der Waals surface area contributed by atoms with E-state index in [0.717, 1.165) is 28.4 Å². The number of nitrogens with zero attached hydrogens (tertiary/aromatic N) is 2. The van der Waals surface area contributed by atoms with E-state index in [9.17, 15) is 0 Å². The predicted molar refractivity (Wildman–Crippen MR) is 460 cm³/mol. The molecule has 0 aliphatic heterocycles. The van der Waals surface area contributed by atoms with Gasteiger partial charge in [-0.2, -0.15) is 0 Å². The van der Waals surface area contributed by atoms with Crippen molar-refractivity contribution < 1.29 is 0 Å². The van der Waals surface area contributed by atoms with Crippen LogP contribution in [0.4, 0.5) is 34.1 Å². The Kier molecular flexibility index (Phi) is 13.5. The van der Waals surface area contributed by atoms with Gasteiger partial charge in [-0.05, 0) is 253 Å². The summed E-state index contributed by atoms with van der Waals surface area (Å²) >= 11 is 0. The largest absolute Gasteiger partial charge is 0.310 e. The molecule has 2 nitrogen and oxygen atoms in total. The van der Waals surface area contributed by atoms with Crippen LogP contribution in [0.15, 0.2) is 394 Å². The Balaban J connectivity index is 0.610. The lowest BCUT2D eigenvalue weighted by Gasteiger charge is -2.36. The Morgan fingerprint density at radius 2 is 0.550 bits per heavy atom. The minimum absolute atomic E-state index is 0.106. The molecular formula is C109H74N2. The fourth-order valence-corrected chi connectivity index (χ4v) is 21.4. The number of fused-ring (bicyclic) bond motifs is 26. The van der Waals surface area contributed by atoms with E-state index in [2.05, 4.69) is 425 Å². The SMILES string of the molecule is CC1(C)c2ccccc2-c2ccc(N(c3ccccc3)c3ccc(-c4ccc(-c5cccc6c5-c5ccccc5C65c6ccccc6-c6cc(-c7ccc8c(c7)-c7ccc(N(c9ccccc9)c9cccc%10c9C9(c%11ccccc%11-c%11ccccc%119)c9ccccc9-%10)cc7C8(C)c7ccccc7)ccc65)cc4)cc3)cc21. The van der Waals surface area contributed by atoms with E-state index in [1.165, 1.54) is 178 Å². The van der Waals surface area contributed by atoms with Gasteiger partial charge in [0.1, 0.15) is 0 Å². The molecule has 0 N–H and O–H groups in total. The molecule has 2 unspecified atom stereocenters. The van der Waals surface area contributed by atoms with Crippen molar-refractivity contribution >= 4 is 34.1 Å². The van der Waals surface area contributed by atoms with Crippen LogP contribution in [0, 0.1) is 0 Å². The van der Waals surface area contributed by atoms with Crippen LogP contribution in [0.1, 0.15) is 93.1 Å². The molecule has 0 fully saturated rings. The molecule has 520 valence electrons. The lowest BCUT2D eigenvalue weighted by molar-refractivity contribution is 0.660. The van der Waals surface area contributed by atoms with Crippen LogP contribution in [-0.4, -0.2) is 0 Å². The molecule has 0 bridgehead atoms. The summed E-state index contributed by atoms with van der Waals surface area (Å²) in [4.78, 5) is 4.95. The number of hydrogen-bond donors (Lipinski definition) is 0. The molecule has 17 aromatic rings. The van der Waals surface area contributed by atoms with Gasteiger partial charge in [-0.25, -0.2) is 0 Å². The third-order valence-corrected chi connectivity index (χ3v) is 26.2. The van der Waals surface area contributed by atoms with Gasteiger partial charge in [-0.1, -0.05) is 329 Å². The summed E-state index contributed by atoms with van der Waals surface area (Å²) in [6, 6.07) is 149. The zero-order valence-electron chi connectivity index (χ0n) is 61.9. The van der Waals surface area contributed by atoms with E-state index >= 15 is 0 Å². The van der Waals surface area contributed by atoms with Crippen molar-refractivity contribution in [3.8, 4) is 100 Å². The molecule has 0 heterocycles. The third-order valence-electron chi connectivity index (χ3n) is 26.2. The average molecular weight is 1410 g/mol. The first-order valence-electron chi connectivity index (χ1n) is 39.1. The van der Waals surface area contributed by atoms with Gasteiger partial charge in [-0.15, -0.1) is 0 Å². The Morgan fingerprint density at radius 1 is 0.189 bits per heavy atom. The third kappa shape index (κ3) is 8.68. The van der Waals surface area contributed by atoms with Crippen molar-refractivity contribution in [3.05, 3.63) is 467 Å². The van der Waals surface area contributed by atoms with E-state index in [4.69, 9.17) is 0 Å². The van der Waals surface area contributed by atoms with Crippen LogP contribution >= 0.6 is 0 Å². The zero-order chi connectivity index (χ0) is 73.5. The highest BCUT2D eigenvalue weighted by atomic mass is 15.2. The van der Waals surface area contributed by atoms with E-state index in [0.29, 0.717) is 0 Å². The molecule has 111 heavy (non-hydrogen) atoms. The quantitative estimate of drug-likeness (QED) is 0.135. The first-order valence-corrected chi connectivity index (χ1v) is 39.1. The van der Waals surface area contributed by atoms with Gasteiger partial charge in [0.15, 0.2) is 0 Å². The predicted octanol–water partition coefficient (Wildman–Crippen LogP) is 28.0. The molecule has 0 aromatic heterocycles. The van der Waals surface area contributed by atoms with Gasteiger partial charge >= 0.3 is 0 Å². The van der Waals surface area contributed by atoms with Crippen molar-refractivity contribution in [2.24, 2.45) is 0 Å². The summed E-state index contributed by atoms with van der Waals surface area (Å²) in [5.74, 6) is 0. The standard InChI is InChI=1S/C109H74N2/c1-106(2)92-41-19-13-33-81(92)86-61-59-78(67-101(86)106)110(75-29-9-5-10-30-75)77-57-53-70(54-58-77)69-49-51-71(52-50-69)80-39-25-47-100-104(80)89-38-18-24-46-98(89)108(100)94-42-20-17-37-85(94)91-66-73(56-64-99(91)108)72-55-63-93-90(65-72)87-62-60-79(68-102(87)107(93,3)74-27-7-4-8-28-74)111(76-31-11-6-12-32-76)103-48-26-40-88-84-36-16-23-45-97(84)109(105(88)103)95-43-21-14-34-82(95)83-35-15-22-44-96(83)109/h4-68H,1-3H3. The van der Waals surface area contributed by atoms with Crippen LogP contribution in [0.2, 0.25) is 0 Å². The van der Waals surface area contributed by atoms with Gasteiger partial charge in [0.05, 0.1) is 16.5 Å². The van der Waals surface area contributed by atoms with Crippen molar-refractivity contribution in [2.45, 2.75) is 42.4 Å². The highest BCUT2D eigenvalue weighted by molar-refractivity contribution is 6.03. The first kappa shape index (κ1) is 63.4. The fraction of sp³-hybridized carbons (Fsp3) is 0.0642. The summed E-state index contributed by atoms with van der Waals surface area (Å²) in [6.45, 7) is 7.18. The molecule has 0 radical (unpaired) electrons. The topological polar surface area (TPSA) is 6.48 Å². The van der Waals surface area contributed by atoms with E-state index in [1.807, 2.05) is 0 Å². The highest BCUT2D eigenvalue weighted by Crippen LogP contribution is 2.68. The second kappa shape index (κ2) is 23.7. The Morgan fingerprint density at radius 3 is 1.15 bits per heavy atom. The number of rotatable bonds is 10. The second-order valence-electron chi connectivity index (χ2n) is 31.8. The minimum atomic E-state index is -0.544. The number of hydrogen-bond acceptors (Lipinski definition) is 2. The van der Waals surface area contributed by atoms with Gasteiger partial charge in [-0.3, -0.25) is 0 Å². The Labute approximate surface area is 648 Å². The molecule has 6 aliphatic rings. The molecule has 23 rings (SSSR count). The number of para-hydroxylation sites is 2. The van der Waals surface area contributed by atoms with Crippen molar-refractivity contribution in [2.75, 3.05) is 9.80 Å². The maximum atomic E-state index is 2.56. The maximum absolute atomic E-state index is 2.56. The average Bonchev–Trinajstić information content (AvgIpc) is 1.50. The Hall–Kier alpha value is -13.7. The molecule has 0 amide bonds.